The topological polar surface area (TPSA) is 112 Å². The number of H-pyrrole nitrogens is 1. The van der Waals surface area contributed by atoms with E-state index in [4.69, 9.17) is 4.74 Å². The van der Waals surface area contributed by atoms with Gasteiger partial charge >= 0.3 is 0 Å². The quantitative estimate of drug-likeness (QED) is 0.479. The largest absolute Gasteiger partial charge is 0.504 e. The lowest BCUT2D eigenvalue weighted by Gasteiger charge is -2.36. The van der Waals surface area contributed by atoms with Crippen LogP contribution in [0.25, 0.3) is 21.7 Å². The van der Waals surface area contributed by atoms with Crippen molar-refractivity contribution in [2.45, 2.75) is 0 Å². The summed E-state index contributed by atoms with van der Waals surface area (Å²) >= 11 is 1.22. The molecule has 4 heterocycles. The number of methoxy groups -OCH3 is 1. The van der Waals surface area contributed by atoms with Crippen molar-refractivity contribution >= 4 is 33.1 Å². The van der Waals surface area contributed by atoms with Crippen LogP contribution in [0.1, 0.15) is 10.4 Å². The number of carbonyl (C=O) groups is 1. The molecule has 0 spiro atoms. The number of ether oxygens (including phenoxy) is 1. The van der Waals surface area contributed by atoms with E-state index < -0.39 is 0 Å². The summed E-state index contributed by atoms with van der Waals surface area (Å²) in [4.78, 5) is 41.4. The minimum absolute atomic E-state index is 0.0898. The summed E-state index contributed by atoms with van der Waals surface area (Å²) in [6, 6.07) is 10.6. The van der Waals surface area contributed by atoms with Crippen molar-refractivity contribution in [3.8, 4) is 23.0 Å². The highest BCUT2D eigenvalue weighted by molar-refractivity contribution is 7.17. The number of pyridine rings is 1. The number of hydrogen-bond donors (Lipinski definition) is 2. The Bertz CT molecular complexity index is 1380. The zero-order chi connectivity index (χ0) is 22.9. The summed E-state index contributed by atoms with van der Waals surface area (Å²) in [5.74, 6) is 0.698. The third-order valence-electron chi connectivity index (χ3n) is 5.66. The molecule has 0 bridgehead atoms. The molecule has 33 heavy (non-hydrogen) atoms. The molecule has 2 N–H and O–H groups in total. The van der Waals surface area contributed by atoms with Crippen molar-refractivity contribution in [3.63, 3.8) is 0 Å². The summed E-state index contributed by atoms with van der Waals surface area (Å²) < 4.78 is 5.62. The van der Waals surface area contributed by atoms with E-state index in [1.54, 1.807) is 40.7 Å². The van der Waals surface area contributed by atoms with Crippen molar-refractivity contribution in [1.29, 1.82) is 0 Å². The number of aromatic amines is 1. The van der Waals surface area contributed by atoms with E-state index in [9.17, 15) is 14.7 Å². The van der Waals surface area contributed by atoms with Crippen LogP contribution in [0.3, 0.4) is 0 Å². The standard InChI is InChI=1S/C23H21N5O4S/c1-32-18-12-14(5-6-17(18)29)27-8-10-28(11-9-27)23(31)15-13-33-20-19(15)25-21(26-22(20)30)16-4-2-3-7-24-16/h2-7,12-13,29H,8-11H2,1H3,(H,25,26,30). The SMILES string of the molecule is COc1cc(N2CCN(C(=O)c3csc4c(=O)[nH]c(-c5ccccn5)nc34)CC2)ccc1O. The second-order valence-corrected chi connectivity index (χ2v) is 8.47. The van der Waals surface area contributed by atoms with E-state index in [1.807, 2.05) is 12.1 Å². The molecule has 9 nitrogen and oxygen atoms in total. The summed E-state index contributed by atoms with van der Waals surface area (Å²) in [7, 11) is 1.51. The lowest BCUT2D eigenvalue weighted by atomic mass is 10.2. The molecule has 10 heteroatoms. The van der Waals surface area contributed by atoms with Crippen molar-refractivity contribution in [2.24, 2.45) is 0 Å². The third kappa shape index (κ3) is 3.89. The number of anilines is 1. The number of aromatic hydroxyl groups is 1. The summed E-state index contributed by atoms with van der Waals surface area (Å²) in [6.45, 7) is 2.31. The minimum Gasteiger partial charge on any atom is -0.504 e. The fraction of sp³-hybridized carbons (Fsp3) is 0.217. The van der Waals surface area contributed by atoms with Crippen LogP contribution in [0.15, 0.2) is 52.8 Å². The van der Waals surface area contributed by atoms with Gasteiger partial charge in [-0.1, -0.05) is 6.07 Å². The predicted molar refractivity (Wildman–Crippen MR) is 126 cm³/mol. The molecule has 1 amide bonds. The molecule has 1 aliphatic heterocycles. The van der Waals surface area contributed by atoms with Crippen LogP contribution in [0.5, 0.6) is 11.5 Å². The van der Waals surface area contributed by atoms with Gasteiger partial charge in [-0.2, -0.15) is 0 Å². The number of thiophene rings is 1. The van der Waals surface area contributed by atoms with E-state index >= 15 is 0 Å². The van der Waals surface area contributed by atoms with Crippen molar-refractivity contribution in [3.05, 3.63) is 63.9 Å². The molecule has 1 fully saturated rings. The van der Waals surface area contributed by atoms with Gasteiger partial charge in [0, 0.05) is 49.5 Å². The molecular weight excluding hydrogens is 442 g/mol. The molecule has 168 valence electrons. The maximum Gasteiger partial charge on any atom is 0.269 e. The lowest BCUT2D eigenvalue weighted by Crippen LogP contribution is -2.48. The Morgan fingerprint density at radius 3 is 2.73 bits per heavy atom. The number of nitrogens with zero attached hydrogens (tertiary/aromatic N) is 4. The first-order valence-corrected chi connectivity index (χ1v) is 11.3. The lowest BCUT2D eigenvalue weighted by molar-refractivity contribution is 0.0749. The number of carbonyl (C=O) groups excluding carboxylic acids is 1. The second-order valence-electron chi connectivity index (χ2n) is 7.59. The number of nitrogens with one attached hydrogen (secondary N) is 1. The van der Waals surface area contributed by atoms with E-state index in [-0.39, 0.29) is 17.2 Å². The van der Waals surface area contributed by atoms with Gasteiger partial charge in [0.05, 0.1) is 12.7 Å². The van der Waals surface area contributed by atoms with Crippen LogP contribution in [0.2, 0.25) is 0 Å². The molecule has 1 aliphatic rings. The first kappa shape index (κ1) is 21.0. The molecule has 1 saturated heterocycles. The first-order valence-electron chi connectivity index (χ1n) is 10.4. The van der Waals surface area contributed by atoms with Crippen molar-refractivity contribution < 1.29 is 14.6 Å². The maximum atomic E-state index is 13.3. The number of benzene rings is 1. The molecular formula is C23H21N5O4S. The number of rotatable bonds is 4. The van der Waals surface area contributed by atoms with E-state index in [0.29, 0.717) is 59.2 Å². The zero-order valence-corrected chi connectivity index (χ0v) is 18.6. The number of hydrogen-bond acceptors (Lipinski definition) is 8. The van der Waals surface area contributed by atoms with Gasteiger partial charge in [-0.25, -0.2) is 4.98 Å². The number of amides is 1. The van der Waals surface area contributed by atoms with Crippen LogP contribution in [0, 0.1) is 0 Å². The molecule has 3 aromatic heterocycles. The highest BCUT2D eigenvalue weighted by Gasteiger charge is 2.26. The average molecular weight is 464 g/mol. The summed E-state index contributed by atoms with van der Waals surface area (Å²) in [5.41, 5.74) is 2.01. The normalized spacial score (nSPS) is 14.0. The van der Waals surface area contributed by atoms with Crippen LogP contribution >= 0.6 is 11.3 Å². The molecule has 0 atom stereocenters. The molecule has 0 radical (unpaired) electrons. The Kier molecular flexibility index (Phi) is 5.43. The summed E-state index contributed by atoms with van der Waals surface area (Å²) in [6.07, 6.45) is 1.63. The number of phenols is 1. The van der Waals surface area contributed by atoms with Gasteiger partial charge in [0.2, 0.25) is 0 Å². The van der Waals surface area contributed by atoms with Crippen molar-refractivity contribution in [2.75, 3.05) is 38.2 Å². The van der Waals surface area contributed by atoms with Crippen LogP contribution in [0.4, 0.5) is 5.69 Å². The fourth-order valence-corrected chi connectivity index (χ4v) is 4.78. The molecule has 0 saturated carbocycles. The van der Waals surface area contributed by atoms with Gasteiger partial charge in [0.25, 0.3) is 11.5 Å². The van der Waals surface area contributed by atoms with Gasteiger partial charge in [0.1, 0.15) is 15.9 Å². The molecule has 1 aromatic carbocycles. The first-order chi connectivity index (χ1) is 16.0. The maximum absolute atomic E-state index is 13.3. The number of phenolic OH excluding ortho intramolecular Hbond substituents is 1. The Balaban J connectivity index is 1.38. The second kappa shape index (κ2) is 8.55. The van der Waals surface area contributed by atoms with Gasteiger partial charge in [0.15, 0.2) is 17.3 Å². The monoisotopic (exact) mass is 463 g/mol. The average Bonchev–Trinajstić information content (AvgIpc) is 3.29. The minimum atomic E-state index is -0.282. The van der Waals surface area contributed by atoms with Crippen molar-refractivity contribution in [1.82, 2.24) is 19.9 Å². The van der Waals surface area contributed by atoms with Gasteiger partial charge in [-0.15, -0.1) is 11.3 Å². The Hall–Kier alpha value is -3.92. The highest BCUT2D eigenvalue weighted by atomic mass is 32.1. The summed E-state index contributed by atoms with van der Waals surface area (Å²) in [5, 5.41) is 11.5. The smallest absolute Gasteiger partial charge is 0.269 e. The van der Waals surface area contributed by atoms with Gasteiger partial charge in [-0.05, 0) is 24.3 Å². The van der Waals surface area contributed by atoms with E-state index in [1.165, 1.54) is 18.4 Å². The van der Waals surface area contributed by atoms with Crippen LogP contribution in [-0.4, -0.2) is 64.2 Å². The number of fused-ring (bicyclic) bond motifs is 1. The molecule has 4 aromatic rings. The highest BCUT2D eigenvalue weighted by Crippen LogP contribution is 2.31. The number of piperazine rings is 1. The van der Waals surface area contributed by atoms with E-state index in [0.717, 1.165) is 5.69 Å². The molecule has 5 rings (SSSR count). The Labute approximate surface area is 192 Å². The fourth-order valence-electron chi connectivity index (χ4n) is 3.90. The Morgan fingerprint density at radius 2 is 2.00 bits per heavy atom. The van der Waals surface area contributed by atoms with Gasteiger partial charge < -0.3 is 24.6 Å². The molecule has 0 unspecified atom stereocenters. The predicted octanol–water partition coefficient (Wildman–Crippen LogP) is 2.72. The Morgan fingerprint density at radius 1 is 1.18 bits per heavy atom. The third-order valence-corrected chi connectivity index (χ3v) is 6.63. The van der Waals surface area contributed by atoms with Crippen LogP contribution < -0.4 is 15.2 Å². The van der Waals surface area contributed by atoms with E-state index in [2.05, 4.69) is 19.9 Å². The zero-order valence-electron chi connectivity index (χ0n) is 17.8. The van der Waals surface area contributed by atoms with Crippen LogP contribution in [-0.2, 0) is 0 Å². The van der Waals surface area contributed by atoms with Gasteiger partial charge in [-0.3, -0.25) is 14.6 Å². The molecule has 0 aliphatic carbocycles. The number of aromatic nitrogens is 3.